The molecule has 2 aromatic heterocycles. The zero-order valence-electron chi connectivity index (χ0n) is 13.2. The van der Waals surface area contributed by atoms with Crippen LogP contribution in [0, 0.1) is 0 Å². The minimum absolute atomic E-state index is 0.00748. The first-order chi connectivity index (χ1) is 9.90. The van der Waals surface area contributed by atoms with Gasteiger partial charge < -0.3 is 5.32 Å². The first kappa shape index (κ1) is 16.0. The van der Waals surface area contributed by atoms with Gasteiger partial charge in [0.05, 0.1) is 17.4 Å². The van der Waals surface area contributed by atoms with Crippen molar-refractivity contribution in [1.82, 2.24) is 20.1 Å². The number of halogens is 1. The van der Waals surface area contributed by atoms with E-state index in [1.807, 2.05) is 0 Å². The van der Waals surface area contributed by atoms with Crippen LogP contribution < -0.4 is 5.32 Å². The highest BCUT2D eigenvalue weighted by Gasteiger charge is 2.18. The summed E-state index contributed by atoms with van der Waals surface area (Å²) in [5.41, 5.74) is 2.26. The van der Waals surface area contributed by atoms with E-state index in [4.69, 9.17) is 16.6 Å². The largest absolute Gasteiger partial charge is 0.313 e. The molecule has 114 valence electrons. The van der Waals surface area contributed by atoms with Crippen LogP contribution in [0.15, 0.2) is 24.5 Å². The lowest BCUT2D eigenvalue weighted by Gasteiger charge is -2.20. The van der Waals surface area contributed by atoms with Crippen LogP contribution in [0.4, 0.5) is 0 Å². The molecule has 0 fully saturated rings. The van der Waals surface area contributed by atoms with Gasteiger partial charge in [-0.25, -0.2) is 9.67 Å². The van der Waals surface area contributed by atoms with Crippen molar-refractivity contribution in [2.24, 2.45) is 0 Å². The van der Waals surface area contributed by atoms with Crippen LogP contribution >= 0.6 is 11.6 Å². The van der Waals surface area contributed by atoms with Gasteiger partial charge in [0.2, 0.25) is 0 Å². The van der Waals surface area contributed by atoms with E-state index < -0.39 is 0 Å². The minimum Gasteiger partial charge on any atom is -0.313 e. The molecule has 5 heteroatoms. The number of pyridine rings is 1. The topological polar surface area (TPSA) is 42.7 Å². The summed E-state index contributed by atoms with van der Waals surface area (Å²) in [7, 11) is 0. The van der Waals surface area contributed by atoms with Gasteiger partial charge in [0.25, 0.3) is 0 Å². The van der Waals surface area contributed by atoms with Crippen LogP contribution in [0.1, 0.15) is 45.4 Å². The van der Waals surface area contributed by atoms with E-state index in [0.717, 1.165) is 31.0 Å². The van der Waals surface area contributed by atoms with Gasteiger partial charge >= 0.3 is 0 Å². The summed E-state index contributed by atoms with van der Waals surface area (Å²) in [6.07, 6.45) is 4.53. The summed E-state index contributed by atoms with van der Waals surface area (Å²) in [6, 6.07) is 4.22. The highest BCUT2D eigenvalue weighted by atomic mass is 35.5. The Hall–Kier alpha value is -1.39. The second-order valence-electron chi connectivity index (χ2n) is 6.25. The van der Waals surface area contributed by atoms with Crippen molar-refractivity contribution < 1.29 is 0 Å². The summed E-state index contributed by atoms with van der Waals surface area (Å²) in [6.45, 7) is 10.5. The molecule has 0 aliphatic rings. The van der Waals surface area contributed by atoms with Gasteiger partial charge in [-0.1, -0.05) is 39.3 Å². The average Bonchev–Trinajstić information content (AvgIpc) is 2.84. The lowest BCUT2D eigenvalue weighted by molar-refractivity contribution is 0.563. The summed E-state index contributed by atoms with van der Waals surface area (Å²) in [5, 5.41) is 8.29. The van der Waals surface area contributed by atoms with Gasteiger partial charge in [-0.2, -0.15) is 5.10 Å². The van der Waals surface area contributed by atoms with Crippen molar-refractivity contribution in [2.75, 3.05) is 6.54 Å². The monoisotopic (exact) mass is 306 g/mol. The van der Waals surface area contributed by atoms with Crippen molar-refractivity contribution in [1.29, 1.82) is 0 Å². The molecule has 0 aromatic carbocycles. The Kier molecular flexibility index (Phi) is 5.01. The Labute approximate surface area is 131 Å². The van der Waals surface area contributed by atoms with Crippen molar-refractivity contribution in [3.8, 4) is 5.82 Å². The number of nitrogens with zero attached hydrogens (tertiary/aromatic N) is 3. The van der Waals surface area contributed by atoms with Crippen LogP contribution in [-0.2, 0) is 12.0 Å². The molecule has 2 heterocycles. The number of nitrogens with one attached hydrogen (secondary N) is 1. The summed E-state index contributed by atoms with van der Waals surface area (Å²) >= 11 is 5.96. The van der Waals surface area contributed by atoms with E-state index in [9.17, 15) is 0 Å². The Morgan fingerprint density at radius 2 is 2.05 bits per heavy atom. The molecule has 0 spiro atoms. The highest BCUT2D eigenvalue weighted by Crippen LogP contribution is 2.23. The van der Waals surface area contributed by atoms with Crippen LogP contribution in [0.25, 0.3) is 5.82 Å². The second kappa shape index (κ2) is 6.58. The van der Waals surface area contributed by atoms with E-state index in [1.165, 1.54) is 5.56 Å². The fraction of sp³-hybridized carbons (Fsp3) is 0.500. The number of aromatic nitrogens is 3. The molecular weight excluding hydrogens is 284 g/mol. The van der Waals surface area contributed by atoms with Crippen LogP contribution in [-0.4, -0.2) is 21.3 Å². The Morgan fingerprint density at radius 1 is 1.29 bits per heavy atom. The first-order valence-corrected chi connectivity index (χ1v) is 7.70. The Bertz CT molecular complexity index is 599. The zero-order chi connectivity index (χ0) is 15.5. The fourth-order valence-electron chi connectivity index (χ4n) is 2.01. The summed E-state index contributed by atoms with van der Waals surface area (Å²) < 4.78 is 1.72. The second-order valence-corrected chi connectivity index (χ2v) is 6.69. The molecule has 0 saturated heterocycles. The average molecular weight is 307 g/mol. The molecule has 0 bridgehead atoms. The van der Waals surface area contributed by atoms with E-state index in [0.29, 0.717) is 5.02 Å². The third-order valence-electron chi connectivity index (χ3n) is 3.18. The first-order valence-electron chi connectivity index (χ1n) is 7.33. The third kappa shape index (κ3) is 4.29. The smallest absolute Gasteiger partial charge is 0.153 e. The zero-order valence-corrected chi connectivity index (χ0v) is 13.9. The minimum atomic E-state index is -0.00748. The van der Waals surface area contributed by atoms with Gasteiger partial charge in [-0.15, -0.1) is 0 Å². The van der Waals surface area contributed by atoms with Crippen LogP contribution in [0.2, 0.25) is 5.02 Å². The maximum absolute atomic E-state index is 5.96. The molecule has 4 nitrogen and oxygen atoms in total. The van der Waals surface area contributed by atoms with Crippen molar-refractivity contribution >= 4 is 11.6 Å². The van der Waals surface area contributed by atoms with E-state index in [-0.39, 0.29) is 5.41 Å². The predicted octanol–water partition coefficient (Wildman–Crippen LogP) is 3.72. The van der Waals surface area contributed by atoms with Gasteiger partial charge in [-0.05, 0) is 30.7 Å². The molecule has 0 amide bonds. The third-order valence-corrected chi connectivity index (χ3v) is 3.38. The van der Waals surface area contributed by atoms with Crippen molar-refractivity contribution in [3.05, 3.63) is 40.8 Å². The van der Waals surface area contributed by atoms with E-state index in [1.54, 1.807) is 17.1 Å². The lowest BCUT2D eigenvalue weighted by atomic mass is 9.90. The van der Waals surface area contributed by atoms with Crippen LogP contribution in [0.3, 0.4) is 0 Å². The lowest BCUT2D eigenvalue weighted by Crippen LogP contribution is -2.19. The predicted molar refractivity (Wildman–Crippen MR) is 87.1 cm³/mol. The maximum Gasteiger partial charge on any atom is 0.153 e. The summed E-state index contributed by atoms with van der Waals surface area (Å²) in [5.74, 6) is 0.808. The number of rotatable bonds is 5. The van der Waals surface area contributed by atoms with Crippen molar-refractivity contribution in [2.45, 2.75) is 46.1 Å². The SMILES string of the molecule is CCCNCc1cc(-n2cc(Cl)cn2)nc(C(C)(C)C)c1. The van der Waals surface area contributed by atoms with Gasteiger partial charge in [0.15, 0.2) is 5.82 Å². The van der Waals surface area contributed by atoms with Crippen molar-refractivity contribution in [3.63, 3.8) is 0 Å². The molecule has 21 heavy (non-hydrogen) atoms. The molecule has 0 unspecified atom stereocenters. The number of hydrogen-bond acceptors (Lipinski definition) is 3. The van der Waals surface area contributed by atoms with E-state index >= 15 is 0 Å². The molecule has 0 saturated carbocycles. The van der Waals surface area contributed by atoms with Gasteiger partial charge in [-0.3, -0.25) is 0 Å². The Balaban J connectivity index is 2.37. The fourth-order valence-corrected chi connectivity index (χ4v) is 2.15. The van der Waals surface area contributed by atoms with Gasteiger partial charge in [0, 0.05) is 17.7 Å². The molecule has 0 aliphatic carbocycles. The molecule has 2 aromatic rings. The summed E-state index contributed by atoms with van der Waals surface area (Å²) in [4.78, 5) is 4.73. The highest BCUT2D eigenvalue weighted by molar-refractivity contribution is 6.30. The quantitative estimate of drug-likeness (QED) is 0.856. The van der Waals surface area contributed by atoms with E-state index in [2.05, 4.69) is 50.2 Å². The van der Waals surface area contributed by atoms with Gasteiger partial charge in [0.1, 0.15) is 0 Å². The molecule has 1 N–H and O–H groups in total. The maximum atomic E-state index is 5.96. The molecule has 0 aliphatic heterocycles. The molecule has 2 rings (SSSR count). The molecule has 0 atom stereocenters. The molecular formula is C16H23ClN4. The molecule has 0 radical (unpaired) electrons. The standard InChI is InChI=1S/C16H23ClN4/c1-5-6-18-9-12-7-14(16(2,3)4)20-15(8-12)21-11-13(17)10-19-21/h7-8,10-11,18H,5-6,9H2,1-4H3. The number of hydrogen-bond donors (Lipinski definition) is 1. The Morgan fingerprint density at radius 3 is 2.62 bits per heavy atom. The van der Waals surface area contributed by atoms with Crippen LogP contribution in [0.5, 0.6) is 0 Å². The normalized spacial score (nSPS) is 11.9.